The van der Waals surface area contributed by atoms with Crippen LogP contribution in [0.5, 0.6) is 0 Å². The summed E-state index contributed by atoms with van der Waals surface area (Å²) in [6, 6.07) is 10.7. The van der Waals surface area contributed by atoms with Gasteiger partial charge in [0.2, 0.25) is 0 Å². The Morgan fingerprint density at radius 1 is 1.13 bits per heavy atom. The predicted molar refractivity (Wildman–Crippen MR) is 93.2 cm³/mol. The van der Waals surface area contributed by atoms with Gasteiger partial charge in [-0.2, -0.15) is 0 Å². The molecule has 0 amide bonds. The highest BCUT2D eigenvalue weighted by Gasteiger charge is 2.20. The van der Waals surface area contributed by atoms with Crippen LogP contribution in [0.2, 0.25) is 0 Å². The van der Waals surface area contributed by atoms with E-state index in [1.165, 1.54) is 12.1 Å². The highest BCUT2D eigenvalue weighted by molar-refractivity contribution is 5.79. The molecule has 0 radical (unpaired) electrons. The number of benzene rings is 1. The lowest BCUT2D eigenvalue weighted by Gasteiger charge is -2.26. The third kappa shape index (κ3) is 5.13. The Bertz CT molecular complexity index is 615. The van der Waals surface area contributed by atoms with Gasteiger partial charge in [0.05, 0.1) is 0 Å². The van der Waals surface area contributed by atoms with Crippen molar-refractivity contribution in [2.75, 3.05) is 20.1 Å². The number of rotatable bonds is 6. The van der Waals surface area contributed by atoms with Gasteiger partial charge in [0, 0.05) is 44.5 Å². The van der Waals surface area contributed by atoms with Gasteiger partial charge in [-0.15, -0.1) is 0 Å². The van der Waals surface area contributed by atoms with Crippen LogP contribution in [0.4, 0.5) is 4.39 Å². The maximum Gasteiger partial charge on any atom is 0.191 e. The zero-order valence-electron chi connectivity index (χ0n) is 14.0. The molecule has 4 nitrogen and oxygen atoms in total. The highest BCUT2D eigenvalue weighted by atomic mass is 19.1. The molecule has 23 heavy (non-hydrogen) atoms. The van der Waals surface area contributed by atoms with Crippen molar-refractivity contribution in [3.63, 3.8) is 0 Å². The molecule has 0 aliphatic carbocycles. The number of aliphatic imine (C=N–C) groups is 1. The van der Waals surface area contributed by atoms with Gasteiger partial charge in [0.25, 0.3) is 0 Å². The summed E-state index contributed by atoms with van der Waals surface area (Å²) in [7, 11) is 1.76. The second kappa shape index (κ2) is 7.81. The van der Waals surface area contributed by atoms with Crippen LogP contribution in [0.3, 0.4) is 0 Å². The molecule has 0 saturated heterocycles. The zero-order chi connectivity index (χ0) is 16.7. The standard InChI is InChI=1S/C18H25FN4/c1-18(2,15-6-8-16(19)9-7-15)14-22-17(20-3)21-10-13-23-11-4-5-12-23/h4-9,11-12H,10,13-14H2,1-3H3,(H2,20,21,22). The summed E-state index contributed by atoms with van der Waals surface area (Å²) in [5, 5.41) is 6.64. The van der Waals surface area contributed by atoms with Gasteiger partial charge in [-0.25, -0.2) is 4.39 Å². The molecule has 0 unspecified atom stereocenters. The van der Waals surface area contributed by atoms with Crippen LogP contribution in [0, 0.1) is 5.82 Å². The van der Waals surface area contributed by atoms with Crippen molar-refractivity contribution in [2.24, 2.45) is 4.99 Å². The van der Waals surface area contributed by atoms with E-state index in [1.54, 1.807) is 7.05 Å². The summed E-state index contributed by atoms with van der Waals surface area (Å²) < 4.78 is 15.2. The molecular weight excluding hydrogens is 291 g/mol. The van der Waals surface area contributed by atoms with Gasteiger partial charge < -0.3 is 15.2 Å². The number of aromatic nitrogens is 1. The summed E-state index contributed by atoms with van der Waals surface area (Å²) in [6.07, 6.45) is 4.07. The van der Waals surface area contributed by atoms with E-state index in [1.807, 2.05) is 36.7 Å². The maximum atomic E-state index is 13.1. The van der Waals surface area contributed by atoms with Crippen molar-refractivity contribution in [1.82, 2.24) is 15.2 Å². The molecule has 124 valence electrons. The van der Waals surface area contributed by atoms with Gasteiger partial charge in [-0.1, -0.05) is 26.0 Å². The van der Waals surface area contributed by atoms with Crippen molar-refractivity contribution in [3.05, 3.63) is 60.2 Å². The van der Waals surface area contributed by atoms with Crippen LogP contribution < -0.4 is 10.6 Å². The van der Waals surface area contributed by atoms with E-state index < -0.39 is 0 Å². The molecule has 0 fully saturated rings. The zero-order valence-corrected chi connectivity index (χ0v) is 14.0. The monoisotopic (exact) mass is 316 g/mol. The van der Waals surface area contributed by atoms with Crippen LogP contribution in [0.25, 0.3) is 0 Å². The molecule has 0 saturated carbocycles. The minimum absolute atomic E-state index is 0.119. The number of hydrogen-bond donors (Lipinski definition) is 2. The first-order chi connectivity index (χ1) is 11.0. The maximum absolute atomic E-state index is 13.1. The van der Waals surface area contributed by atoms with E-state index in [0.717, 1.165) is 24.6 Å². The van der Waals surface area contributed by atoms with Crippen LogP contribution in [0.15, 0.2) is 53.8 Å². The average molecular weight is 316 g/mol. The Morgan fingerprint density at radius 2 is 1.78 bits per heavy atom. The third-order valence-electron chi connectivity index (χ3n) is 3.88. The van der Waals surface area contributed by atoms with Crippen molar-refractivity contribution in [2.45, 2.75) is 25.8 Å². The van der Waals surface area contributed by atoms with Crippen molar-refractivity contribution < 1.29 is 4.39 Å². The van der Waals surface area contributed by atoms with Gasteiger partial charge in [0.15, 0.2) is 5.96 Å². The van der Waals surface area contributed by atoms with Crippen molar-refractivity contribution >= 4 is 5.96 Å². The fraction of sp³-hybridized carbons (Fsp3) is 0.389. The normalized spacial score (nSPS) is 12.3. The Hall–Kier alpha value is -2.30. The first-order valence-electron chi connectivity index (χ1n) is 7.82. The van der Waals surface area contributed by atoms with E-state index in [9.17, 15) is 4.39 Å². The first-order valence-corrected chi connectivity index (χ1v) is 7.82. The third-order valence-corrected chi connectivity index (χ3v) is 3.88. The SMILES string of the molecule is CN=C(NCCn1cccc1)NCC(C)(C)c1ccc(F)cc1. The molecule has 2 rings (SSSR count). The van der Waals surface area contributed by atoms with E-state index in [0.29, 0.717) is 6.54 Å². The van der Waals surface area contributed by atoms with Gasteiger partial charge >= 0.3 is 0 Å². The summed E-state index contributed by atoms with van der Waals surface area (Å²) in [4.78, 5) is 4.24. The second-order valence-electron chi connectivity index (χ2n) is 6.16. The molecule has 0 aliphatic heterocycles. The molecular formula is C18H25FN4. The number of nitrogens with zero attached hydrogens (tertiary/aromatic N) is 2. The van der Waals surface area contributed by atoms with E-state index >= 15 is 0 Å². The van der Waals surface area contributed by atoms with E-state index in [2.05, 4.69) is 34.0 Å². The molecule has 1 heterocycles. The average Bonchev–Trinajstić information content (AvgIpc) is 3.04. The minimum atomic E-state index is -0.208. The number of guanidine groups is 1. The highest BCUT2D eigenvalue weighted by Crippen LogP contribution is 2.22. The van der Waals surface area contributed by atoms with Crippen LogP contribution in [0.1, 0.15) is 19.4 Å². The van der Waals surface area contributed by atoms with Gasteiger partial charge in [0.1, 0.15) is 5.82 Å². The minimum Gasteiger partial charge on any atom is -0.356 e. The summed E-state index contributed by atoms with van der Waals surface area (Å²) in [6.45, 7) is 6.64. The number of hydrogen-bond acceptors (Lipinski definition) is 1. The van der Waals surface area contributed by atoms with Gasteiger partial charge in [-0.3, -0.25) is 4.99 Å². The molecule has 5 heteroatoms. The molecule has 0 atom stereocenters. The summed E-state index contributed by atoms with van der Waals surface area (Å²) in [5.41, 5.74) is 0.973. The van der Waals surface area contributed by atoms with Crippen LogP contribution >= 0.6 is 0 Å². The number of halogens is 1. The molecule has 0 aliphatic rings. The summed E-state index contributed by atoms with van der Waals surface area (Å²) >= 11 is 0. The Morgan fingerprint density at radius 3 is 2.39 bits per heavy atom. The van der Waals surface area contributed by atoms with Gasteiger partial charge in [-0.05, 0) is 29.8 Å². The summed E-state index contributed by atoms with van der Waals surface area (Å²) in [5.74, 6) is 0.562. The van der Waals surface area contributed by atoms with Crippen LogP contribution in [-0.4, -0.2) is 30.7 Å². The molecule has 1 aromatic heterocycles. The molecule has 2 N–H and O–H groups in total. The Labute approximate surface area is 137 Å². The largest absolute Gasteiger partial charge is 0.356 e. The smallest absolute Gasteiger partial charge is 0.191 e. The van der Waals surface area contributed by atoms with E-state index in [-0.39, 0.29) is 11.2 Å². The van der Waals surface area contributed by atoms with Crippen molar-refractivity contribution in [3.8, 4) is 0 Å². The lowest BCUT2D eigenvalue weighted by atomic mass is 9.84. The lowest BCUT2D eigenvalue weighted by Crippen LogP contribution is -2.44. The molecule has 0 spiro atoms. The number of nitrogens with one attached hydrogen (secondary N) is 2. The fourth-order valence-electron chi connectivity index (χ4n) is 2.35. The first kappa shape index (κ1) is 17.1. The van der Waals surface area contributed by atoms with Crippen molar-refractivity contribution in [1.29, 1.82) is 0 Å². The molecule has 2 aromatic rings. The molecule has 1 aromatic carbocycles. The predicted octanol–water partition coefficient (Wildman–Crippen LogP) is 2.77. The topological polar surface area (TPSA) is 41.4 Å². The quantitative estimate of drug-likeness (QED) is 0.635. The Balaban J connectivity index is 1.83. The Kier molecular flexibility index (Phi) is 5.79. The van der Waals surface area contributed by atoms with Crippen LogP contribution in [-0.2, 0) is 12.0 Å². The lowest BCUT2D eigenvalue weighted by molar-refractivity contribution is 0.506. The second-order valence-corrected chi connectivity index (χ2v) is 6.16. The fourth-order valence-corrected chi connectivity index (χ4v) is 2.35. The van der Waals surface area contributed by atoms with E-state index in [4.69, 9.17) is 0 Å². The molecule has 0 bridgehead atoms.